The fraction of sp³-hybridized carbons (Fsp3) is 0.462. The van der Waals surface area contributed by atoms with Gasteiger partial charge in [0.25, 0.3) is 5.91 Å². The molecule has 0 aliphatic rings. The number of ether oxygens (including phenoxy) is 1. The summed E-state index contributed by atoms with van der Waals surface area (Å²) < 4.78 is 6.16. The van der Waals surface area contributed by atoms with Gasteiger partial charge in [0.15, 0.2) is 0 Å². The van der Waals surface area contributed by atoms with E-state index in [1.54, 1.807) is 12.1 Å². The number of halogens is 1. The number of nitrogens with two attached hydrogens (primary N) is 1. The first-order valence-electron chi connectivity index (χ1n) is 5.91. The molecule has 1 amide bonds. The number of hydrogen-bond donors (Lipinski definition) is 2. The molecular weight excluding hydrogens is 296 g/mol. The SMILES string of the molecule is CCOC(C)CNC(=O)c1cc(Br)cc(N)c1C. The van der Waals surface area contributed by atoms with Crippen LogP contribution >= 0.6 is 15.9 Å². The van der Waals surface area contributed by atoms with Crippen molar-refractivity contribution in [1.29, 1.82) is 0 Å². The second-order valence-electron chi connectivity index (χ2n) is 4.14. The molecule has 5 heteroatoms. The van der Waals surface area contributed by atoms with Crippen LogP contribution in [0.5, 0.6) is 0 Å². The maximum atomic E-state index is 12.0. The largest absolute Gasteiger partial charge is 0.398 e. The van der Waals surface area contributed by atoms with Crippen LogP contribution in [-0.4, -0.2) is 25.2 Å². The molecule has 1 rings (SSSR count). The summed E-state index contributed by atoms with van der Waals surface area (Å²) in [6.45, 7) is 6.81. The molecule has 0 saturated heterocycles. The van der Waals surface area contributed by atoms with Crippen LogP contribution in [0.3, 0.4) is 0 Å². The molecule has 1 aromatic carbocycles. The number of nitrogen functional groups attached to an aromatic ring is 1. The molecule has 4 nitrogen and oxygen atoms in total. The Balaban J connectivity index is 2.73. The van der Waals surface area contributed by atoms with Crippen molar-refractivity contribution in [2.24, 2.45) is 0 Å². The third kappa shape index (κ3) is 3.99. The van der Waals surface area contributed by atoms with E-state index in [9.17, 15) is 4.79 Å². The lowest BCUT2D eigenvalue weighted by molar-refractivity contribution is 0.0695. The molecule has 1 unspecified atom stereocenters. The summed E-state index contributed by atoms with van der Waals surface area (Å²) in [6.07, 6.45) is 0.00348. The van der Waals surface area contributed by atoms with Gasteiger partial charge in [-0.25, -0.2) is 0 Å². The number of nitrogens with one attached hydrogen (secondary N) is 1. The highest BCUT2D eigenvalue weighted by atomic mass is 79.9. The van der Waals surface area contributed by atoms with Gasteiger partial charge in [0, 0.05) is 28.9 Å². The molecule has 0 spiro atoms. The molecule has 0 heterocycles. The summed E-state index contributed by atoms with van der Waals surface area (Å²) >= 11 is 3.34. The van der Waals surface area contributed by atoms with Crippen LogP contribution in [0.15, 0.2) is 16.6 Å². The molecule has 0 saturated carbocycles. The summed E-state index contributed by atoms with van der Waals surface area (Å²) in [5, 5.41) is 2.84. The molecule has 1 atom stereocenters. The van der Waals surface area contributed by atoms with Gasteiger partial charge in [-0.1, -0.05) is 15.9 Å². The molecule has 0 bridgehead atoms. The van der Waals surface area contributed by atoms with Crippen LogP contribution in [0.1, 0.15) is 29.8 Å². The predicted octanol–water partition coefficient (Wildman–Crippen LogP) is 2.49. The fourth-order valence-corrected chi connectivity index (χ4v) is 2.09. The van der Waals surface area contributed by atoms with Crippen molar-refractivity contribution < 1.29 is 9.53 Å². The summed E-state index contributed by atoms with van der Waals surface area (Å²) in [5.74, 6) is -0.132. The monoisotopic (exact) mass is 314 g/mol. The van der Waals surface area contributed by atoms with E-state index in [1.165, 1.54) is 0 Å². The van der Waals surface area contributed by atoms with Gasteiger partial charge in [-0.2, -0.15) is 0 Å². The first-order valence-corrected chi connectivity index (χ1v) is 6.70. The van der Waals surface area contributed by atoms with Gasteiger partial charge < -0.3 is 15.8 Å². The highest BCUT2D eigenvalue weighted by molar-refractivity contribution is 9.10. The highest BCUT2D eigenvalue weighted by Crippen LogP contribution is 2.22. The Labute approximate surface area is 116 Å². The Morgan fingerprint density at radius 2 is 2.22 bits per heavy atom. The quantitative estimate of drug-likeness (QED) is 0.821. The average molecular weight is 315 g/mol. The normalized spacial score (nSPS) is 12.2. The number of anilines is 1. The lowest BCUT2D eigenvalue weighted by atomic mass is 10.1. The summed E-state index contributed by atoms with van der Waals surface area (Å²) in [7, 11) is 0. The van der Waals surface area contributed by atoms with Gasteiger partial charge in [-0.3, -0.25) is 4.79 Å². The molecule has 0 aliphatic heterocycles. The molecular formula is C13H19BrN2O2. The fourth-order valence-electron chi connectivity index (χ4n) is 1.61. The van der Waals surface area contributed by atoms with E-state index in [4.69, 9.17) is 10.5 Å². The van der Waals surface area contributed by atoms with Crippen LogP contribution < -0.4 is 11.1 Å². The zero-order valence-corrected chi connectivity index (χ0v) is 12.5. The Morgan fingerprint density at radius 3 is 2.83 bits per heavy atom. The van der Waals surface area contributed by atoms with Crippen molar-refractivity contribution >= 4 is 27.5 Å². The van der Waals surface area contributed by atoms with Crippen molar-refractivity contribution in [2.45, 2.75) is 26.9 Å². The lowest BCUT2D eigenvalue weighted by Crippen LogP contribution is -2.32. The molecule has 0 radical (unpaired) electrons. The minimum Gasteiger partial charge on any atom is -0.398 e. The summed E-state index contributed by atoms with van der Waals surface area (Å²) in [4.78, 5) is 12.0. The van der Waals surface area contributed by atoms with Crippen molar-refractivity contribution in [3.8, 4) is 0 Å². The zero-order chi connectivity index (χ0) is 13.7. The average Bonchev–Trinajstić information content (AvgIpc) is 2.31. The summed E-state index contributed by atoms with van der Waals surface area (Å²) in [6, 6.07) is 3.56. The van der Waals surface area contributed by atoms with E-state index >= 15 is 0 Å². The molecule has 0 fully saturated rings. The second-order valence-corrected chi connectivity index (χ2v) is 5.06. The Kier molecular flexibility index (Phi) is 5.62. The minimum absolute atomic E-state index is 0.00348. The number of rotatable bonds is 5. The van der Waals surface area contributed by atoms with Gasteiger partial charge in [-0.15, -0.1) is 0 Å². The molecule has 1 aromatic rings. The molecule has 18 heavy (non-hydrogen) atoms. The molecule has 100 valence electrons. The van der Waals surface area contributed by atoms with Crippen molar-refractivity contribution in [1.82, 2.24) is 5.32 Å². The van der Waals surface area contributed by atoms with E-state index in [0.717, 1.165) is 10.0 Å². The highest BCUT2D eigenvalue weighted by Gasteiger charge is 2.13. The first kappa shape index (κ1) is 15.0. The molecule has 3 N–H and O–H groups in total. The lowest BCUT2D eigenvalue weighted by Gasteiger charge is -2.14. The van der Waals surface area contributed by atoms with Crippen LogP contribution in [0.2, 0.25) is 0 Å². The number of amides is 1. The third-order valence-corrected chi connectivity index (χ3v) is 3.12. The first-order chi connectivity index (χ1) is 8.45. The second kappa shape index (κ2) is 6.75. The van der Waals surface area contributed by atoms with Crippen molar-refractivity contribution in [3.05, 3.63) is 27.7 Å². The van der Waals surface area contributed by atoms with Crippen LogP contribution in [-0.2, 0) is 4.74 Å². The zero-order valence-electron chi connectivity index (χ0n) is 10.9. The Hall–Kier alpha value is -1.07. The summed E-state index contributed by atoms with van der Waals surface area (Å²) in [5.41, 5.74) is 7.81. The van der Waals surface area contributed by atoms with Gasteiger partial charge in [0.05, 0.1) is 6.10 Å². The van der Waals surface area contributed by atoms with Crippen molar-refractivity contribution in [2.75, 3.05) is 18.9 Å². The Bertz CT molecular complexity index is 435. The van der Waals surface area contributed by atoms with Crippen LogP contribution in [0.4, 0.5) is 5.69 Å². The van der Waals surface area contributed by atoms with Gasteiger partial charge >= 0.3 is 0 Å². The van der Waals surface area contributed by atoms with Crippen LogP contribution in [0.25, 0.3) is 0 Å². The van der Waals surface area contributed by atoms with E-state index < -0.39 is 0 Å². The van der Waals surface area contributed by atoms with Gasteiger partial charge in [-0.05, 0) is 38.5 Å². The predicted molar refractivity (Wildman–Crippen MR) is 76.7 cm³/mol. The van der Waals surface area contributed by atoms with Gasteiger partial charge in [0.2, 0.25) is 0 Å². The van der Waals surface area contributed by atoms with E-state index in [0.29, 0.717) is 24.4 Å². The van der Waals surface area contributed by atoms with E-state index in [2.05, 4.69) is 21.2 Å². The Morgan fingerprint density at radius 1 is 1.56 bits per heavy atom. The van der Waals surface area contributed by atoms with Crippen molar-refractivity contribution in [3.63, 3.8) is 0 Å². The number of benzene rings is 1. The van der Waals surface area contributed by atoms with E-state index in [1.807, 2.05) is 20.8 Å². The maximum Gasteiger partial charge on any atom is 0.251 e. The molecule has 0 aromatic heterocycles. The number of carbonyl (C=O) groups excluding carboxylic acids is 1. The van der Waals surface area contributed by atoms with E-state index in [-0.39, 0.29) is 12.0 Å². The topological polar surface area (TPSA) is 64.3 Å². The molecule has 0 aliphatic carbocycles. The number of carbonyl (C=O) groups is 1. The van der Waals surface area contributed by atoms with Crippen LogP contribution in [0, 0.1) is 6.92 Å². The third-order valence-electron chi connectivity index (χ3n) is 2.66. The standard InChI is InChI=1S/C13H19BrN2O2/c1-4-18-8(2)7-16-13(17)11-5-10(14)6-12(15)9(11)3/h5-6,8H,4,7,15H2,1-3H3,(H,16,17). The van der Waals surface area contributed by atoms with Gasteiger partial charge in [0.1, 0.15) is 0 Å². The number of hydrogen-bond acceptors (Lipinski definition) is 3. The maximum absolute atomic E-state index is 12.0. The minimum atomic E-state index is -0.132. The smallest absolute Gasteiger partial charge is 0.251 e.